The number of allylic oxidation sites excluding steroid dienone is 10. The van der Waals surface area contributed by atoms with E-state index in [-0.39, 0.29) is 31.1 Å². The molecule has 0 heterocycles. The molecule has 0 saturated carbocycles. The fourth-order valence-electron chi connectivity index (χ4n) is 7.59. The van der Waals surface area contributed by atoms with E-state index in [2.05, 4.69) is 57.2 Å². The Morgan fingerprint density at radius 1 is 0.317 bits per heavy atom. The minimum atomic E-state index is -0.780. The van der Waals surface area contributed by atoms with Gasteiger partial charge in [0.25, 0.3) is 0 Å². The minimum absolute atomic E-state index is 0.0790. The Kier molecular flexibility index (Phi) is 49.4. The lowest BCUT2D eigenvalue weighted by Gasteiger charge is -2.18. The van der Waals surface area contributed by atoms with E-state index in [0.29, 0.717) is 19.3 Å². The van der Waals surface area contributed by atoms with Crippen LogP contribution in [0.1, 0.15) is 265 Å². The summed E-state index contributed by atoms with van der Waals surface area (Å²) >= 11 is 0. The van der Waals surface area contributed by atoms with Crippen molar-refractivity contribution < 1.29 is 28.6 Å². The van der Waals surface area contributed by atoms with E-state index in [1.54, 1.807) is 0 Å². The molecule has 364 valence electrons. The molecule has 63 heavy (non-hydrogen) atoms. The first-order valence-corrected chi connectivity index (χ1v) is 26.9. The molecule has 0 aliphatic heterocycles. The molecule has 0 spiro atoms. The second kappa shape index (κ2) is 51.7. The van der Waals surface area contributed by atoms with Crippen molar-refractivity contribution >= 4 is 17.9 Å². The number of carbonyl (C=O) groups is 3. The molecule has 0 saturated heterocycles. The van der Waals surface area contributed by atoms with Gasteiger partial charge in [0.1, 0.15) is 13.2 Å². The molecular weight excluding hydrogens is 781 g/mol. The van der Waals surface area contributed by atoms with Crippen LogP contribution < -0.4 is 0 Å². The second-order valence-corrected chi connectivity index (χ2v) is 17.9. The lowest BCUT2D eigenvalue weighted by molar-refractivity contribution is -0.167. The average molecular weight is 881 g/mol. The van der Waals surface area contributed by atoms with Gasteiger partial charge < -0.3 is 14.2 Å². The quantitative estimate of drug-likeness (QED) is 0.0262. The molecule has 0 aliphatic rings. The van der Waals surface area contributed by atoms with Crippen LogP contribution in [-0.2, 0) is 28.6 Å². The van der Waals surface area contributed by atoms with Crippen molar-refractivity contribution in [1.29, 1.82) is 0 Å². The third-order valence-corrected chi connectivity index (χ3v) is 11.6. The highest BCUT2D eigenvalue weighted by Gasteiger charge is 2.19. The molecule has 1 unspecified atom stereocenters. The monoisotopic (exact) mass is 881 g/mol. The van der Waals surface area contributed by atoms with Crippen molar-refractivity contribution in [1.82, 2.24) is 0 Å². The molecule has 0 radical (unpaired) electrons. The van der Waals surface area contributed by atoms with Crippen LogP contribution in [0.25, 0.3) is 0 Å². The predicted octanol–water partition coefficient (Wildman–Crippen LogP) is 17.6. The average Bonchev–Trinajstić information content (AvgIpc) is 3.28. The first kappa shape index (κ1) is 60.1. The van der Waals surface area contributed by atoms with Crippen molar-refractivity contribution in [3.63, 3.8) is 0 Å². The Labute approximate surface area is 390 Å². The first-order valence-electron chi connectivity index (χ1n) is 26.9. The molecule has 6 nitrogen and oxygen atoms in total. The van der Waals surface area contributed by atoms with Gasteiger partial charge in [-0.15, -0.1) is 0 Å². The Morgan fingerprint density at radius 2 is 0.603 bits per heavy atom. The number of esters is 3. The van der Waals surface area contributed by atoms with Gasteiger partial charge in [-0.3, -0.25) is 14.4 Å². The molecule has 0 N–H and O–H groups in total. The third-order valence-electron chi connectivity index (χ3n) is 11.6. The number of hydrogen-bond donors (Lipinski definition) is 0. The Morgan fingerprint density at radius 3 is 0.952 bits per heavy atom. The van der Waals surface area contributed by atoms with Crippen molar-refractivity contribution in [2.45, 2.75) is 271 Å². The third kappa shape index (κ3) is 50.0. The van der Waals surface area contributed by atoms with Crippen molar-refractivity contribution in [3.8, 4) is 0 Å². The maximum atomic E-state index is 12.8. The zero-order chi connectivity index (χ0) is 45.8. The SMILES string of the molecule is CCC\C=C/C=C\C=C/C=C\C=C/CCCCCCCC(=O)OCC(COC(=O)CCCCCCCCCCCCCCC)OC(=O)CCCCCCCCCCCCCCCC. The van der Waals surface area contributed by atoms with Crippen LogP contribution in [-0.4, -0.2) is 37.2 Å². The molecule has 0 aliphatic carbocycles. The van der Waals surface area contributed by atoms with Crippen molar-refractivity contribution in [2.24, 2.45) is 0 Å². The molecule has 0 fully saturated rings. The summed E-state index contributed by atoms with van der Waals surface area (Å²) in [7, 11) is 0. The largest absolute Gasteiger partial charge is 0.462 e. The summed E-state index contributed by atoms with van der Waals surface area (Å²) in [5.74, 6) is -0.895. The summed E-state index contributed by atoms with van der Waals surface area (Å²) in [5, 5.41) is 0. The van der Waals surface area contributed by atoms with Crippen LogP contribution in [0.15, 0.2) is 60.8 Å². The zero-order valence-electron chi connectivity index (χ0n) is 41.6. The maximum Gasteiger partial charge on any atom is 0.306 e. The van der Waals surface area contributed by atoms with Crippen molar-refractivity contribution in [3.05, 3.63) is 60.8 Å². The lowest BCUT2D eigenvalue weighted by Crippen LogP contribution is -2.30. The van der Waals surface area contributed by atoms with Gasteiger partial charge >= 0.3 is 17.9 Å². The Balaban J connectivity index is 4.41. The molecule has 0 aromatic rings. The van der Waals surface area contributed by atoms with Gasteiger partial charge in [-0.1, -0.05) is 268 Å². The van der Waals surface area contributed by atoms with E-state index in [1.807, 2.05) is 24.3 Å². The van der Waals surface area contributed by atoms with E-state index in [1.165, 1.54) is 141 Å². The number of rotatable bonds is 48. The number of carbonyl (C=O) groups excluding carboxylic acids is 3. The summed E-state index contributed by atoms with van der Waals surface area (Å²) in [4.78, 5) is 38.0. The standard InChI is InChI=1S/C57H100O6/c1-4-7-10-13-16-19-22-25-27-28-29-30-33-35-38-41-44-47-50-56(59)62-53-54(52-61-55(58)49-46-43-40-37-34-31-24-21-18-15-12-9-6-3)63-57(60)51-48-45-42-39-36-32-26-23-20-17-14-11-8-5-2/h10,13,16,19,22,25,27-30,54H,4-9,11-12,14-15,17-18,20-21,23-24,26,31-53H2,1-3H3/b13-10-,19-16-,25-22-,28-27-,30-29-. The fraction of sp³-hybridized carbons (Fsp3) is 0.772. The molecule has 0 aromatic heterocycles. The number of hydrogen-bond acceptors (Lipinski definition) is 6. The minimum Gasteiger partial charge on any atom is -0.462 e. The van der Waals surface area contributed by atoms with E-state index in [0.717, 1.165) is 83.5 Å². The van der Waals surface area contributed by atoms with Crippen LogP contribution in [0.3, 0.4) is 0 Å². The number of unbranched alkanes of at least 4 members (excludes halogenated alkanes) is 31. The smallest absolute Gasteiger partial charge is 0.306 e. The van der Waals surface area contributed by atoms with Gasteiger partial charge in [0.2, 0.25) is 0 Å². The lowest BCUT2D eigenvalue weighted by atomic mass is 10.0. The Hall–Kier alpha value is -2.89. The molecular formula is C57H100O6. The predicted molar refractivity (Wildman–Crippen MR) is 270 cm³/mol. The van der Waals surface area contributed by atoms with E-state index in [9.17, 15) is 14.4 Å². The topological polar surface area (TPSA) is 78.9 Å². The Bertz CT molecular complexity index is 1150. The van der Waals surface area contributed by atoms with Crippen LogP contribution in [0, 0.1) is 0 Å². The van der Waals surface area contributed by atoms with Crippen LogP contribution in [0.4, 0.5) is 0 Å². The van der Waals surface area contributed by atoms with Crippen LogP contribution in [0.2, 0.25) is 0 Å². The highest BCUT2D eigenvalue weighted by Crippen LogP contribution is 2.16. The van der Waals surface area contributed by atoms with Gasteiger partial charge in [0, 0.05) is 19.3 Å². The zero-order valence-corrected chi connectivity index (χ0v) is 41.6. The van der Waals surface area contributed by atoms with Gasteiger partial charge in [-0.05, 0) is 38.5 Å². The summed E-state index contributed by atoms with van der Waals surface area (Å²) in [5.41, 5.74) is 0. The molecule has 1 atom stereocenters. The van der Waals surface area contributed by atoms with Crippen LogP contribution in [0.5, 0.6) is 0 Å². The normalized spacial score (nSPS) is 12.5. The first-order chi connectivity index (χ1) is 31.0. The van der Waals surface area contributed by atoms with Crippen molar-refractivity contribution in [2.75, 3.05) is 13.2 Å². The molecule has 0 amide bonds. The van der Waals surface area contributed by atoms with Crippen LogP contribution >= 0.6 is 0 Å². The molecule has 0 aromatic carbocycles. The highest BCUT2D eigenvalue weighted by atomic mass is 16.6. The van der Waals surface area contributed by atoms with Gasteiger partial charge in [-0.2, -0.15) is 0 Å². The van der Waals surface area contributed by atoms with Gasteiger partial charge in [0.05, 0.1) is 0 Å². The maximum absolute atomic E-state index is 12.8. The molecule has 0 rings (SSSR count). The summed E-state index contributed by atoms with van der Waals surface area (Å²) in [6, 6.07) is 0. The second-order valence-electron chi connectivity index (χ2n) is 17.9. The van der Waals surface area contributed by atoms with Gasteiger partial charge in [-0.25, -0.2) is 0 Å². The molecule has 6 heteroatoms. The summed E-state index contributed by atoms with van der Waals surface area (Å²) < 4.78 is 16.8. The van der Waals surface area contributed by atoms with E-state index < -0.39 is 6.10 Å². The fourth-order valence-corrected chi connectivity index (χ4v) is 7.59. The van der Waals surface area contributed by atoms with E-state index in [4.69, 9.17) is 14.2 Å². The molecule has 0 bridgehead atoms. The summed E-state index contributed by atoms with van der Waals surface area (Å²) in [6.07, 6.45) is 63.3. The number of ether oxygens (including phenoxy) is 3. The summed E-state index contributed by atoms with van der Waals surface area (Å²) in [6.45, 7) is 6.55. The van der Waals surface area contributed by atoms with E-state index >= 15 is 0 Å². The van der Waals surface area contributed by atoms with Gasteiger partial charge in [0.15, 0.2) is 6.10 Å². The highest BCUT2D eigenvalue weighted by molar-refractivity contribution is 5.71.